The van der Waals surface area contributed by atoms with Gasteiger partial charge in [-0.05, 0) is 26.7 Å². The maximum Gasteiger partial charge on any atom is 0.322 e. The molecular formula is C14H27NO4. The molecule has 0 radical (unpaired) electrons. The van der Waals surface area contributed by atoms with Gasteiger partial charge in [0, 0.05) is 0 Å². The number of hydrogen-bond acceptors (Lipinski definition) is 5. The van der Waals surface area contributed by atoms with Crippen LogP contribution in [0, 0.1) is 0 Å². The van der Waals surface area contributed by atoms with Gasteiger partial charge in [0.2, 0.25) is 0 Å². The van der Waals surface area contributed by atoms with Gasteiger partial charge >= 0.3 is 11.9 Å². The van der Waals surface area contributed by atoms with Crippen molar-refractivity contribution in [3.05, 3.63) is 0 Å². The Morgan fingerprint density at radius 3 is 1.58 bits per heavy atom. The second-order valence-corrected chi connectivity index (χ2v) is 4.65. The minimum Gasteiger partial charge on any atom is -0.465 e. The second kappa shape index (κ2) is 10.8. The molecule has 0 bridgehead atoms. The molecule has 0 spiro atoms. The van der Waals surface area contributed by atoms with Crippen LogP contribution in [0.25, 0.3) is 0 Å². The molecule has 5 heteroatoms. The maximum absolute atomic E-state index is 11.6. The lowest BCUT2D eigenvalue weighted by atomic mass is 10.2. The highest BCUT2D eigenvalue weighted by molar-refractivity contribution is 5.79. The summed E-state index contributed by atoms with van der Waals surface area (Å²) in [6.45, 7) is 8.29. The lowest BCUT2D eigenvalue weighted by Gasteiger charge is -2.18. The van der Waals surface area contributed by atoms with Gasteiger partial charge < -0.3 is 9.47 Å². The van der Waals surface area contributed by atoms with Crippen molar-refractivity contribution in [1.82, 2.24) is 5.32 Å². The number of unbranched alkanes of at least 4 members (excludes halogenated alkanes) is 2. The smallest absolute Gasteiger partial charge is 0.322 e. The number of rotatable bonds is 10. The van der Waals surface area contributed by atoms with Crippen molar-refractivity contribution in [2.45, 2.75) is 65.5 Å². The van der Waals surface area contributed by atoms with E-state index < -0.39 is 12.1 Å². The molecule has 0 fully saturated rings. The van der Waals surface area contributed by atoms with Crippen molar-refractivity contribution in [3.63, 3.8) is 0 Å². The Morgan fingerprint density at radius 2 is 1.26 bits per heavy atom. The molecule has 0 heterocycles. The Kier molecular flexibility index (Phi) is 10.2. The van der Waals surface area contributed by atoms with Gasteiger partial charge in [-0.1, -0.05) is 26.7 Å². The monoisotopic (exact) mass is 273 g/mol. The van der Waals surface area contributed by atoms with Crippen molar-refractivity contribution in [3.8, 4) is 0 Å². The molecule has 0 rings (SSSR count). The van der Waals surface area contributed by atoms with Gasteiger partial charge in [-0.3, -0.25) is 14.9 Å². The van der Waals surface area contributed by atoms with Gasteiger partial charge in [0.15, 0.2) is 0 Å². The van der Waals surface area contributed by atoms with Crippen LogP contribution in [0.1, 0.15) is 53.4 Å². The molecule has 19 heavy (non-hydrogen) atoms. The third-order valence-corrected chi connectivity index (χ3v) is 2.69. The number of carbonyl (C=O) groups excluding carboxylic acids is 2. The molecule has 0 aromatic carbocycles. The van der Waals surface area contributed by atoms with E-state index in [1.807, 2.05) is 13.8 Å². The molecule has 0 aliphatic rings. The van der Waals surface area contributed by atoms with Crippen molar-refractivity contribution >= 4 is 11.9 Å². The molecule has 0 aromatic rings. The first-order valence-electron chi connectivity index (χ1n) is 7.12. The normalized spacial score (nSPS) is 13.7. The lowest BCUT2D eigenvalue weighted by molar-refractivity contribution is -0.148. The quantitative estimate of drug-likeness (QED) is 0.487. The predicted molar refractivity (Wildman–Crippen MR) is 73.8 cm³/mol. The highest BCUT2D eigenvalue weighted by atomic mass is 16.5. The highest BCUT2D eigenvalue weighted by Gasteiger charge is 2.21. The van der Waals surface area contributed by atoms with Crippen molar-refractivity contribution in [2.75, 3.05) is 13.2 Å². The molecule has 5 nitrogen and oxygen atoms in total. The van der Waals surface area contributed by atoms with Gasteiger partial charge in [-0.2, -0.15) is 0 Å². The minimum absolute atomic E-state index is 0.332. The number of hydrogen-bond donors (Lipinski definition) is 1. The van der Waals surface area contributed by atoms with Gasteiger partial charge in [0.05, 0.1) is 13.2 Å². The zero-order valence-corrected chi connectivity index (χ0v) is 12.5. The zero-order chi connectivity index (χ0) is 14.7. The molecule has 0 saturated heterocycles. The van der Waals surface area contributed by atoms with Crippen LogP contribution in [0.2, 0.25) is 0 Å². The van der Waals surface area contributed by atoms with E-state index in [0.717, 1.165) is 25.7 Å². The average molecular weight is 273 g/mol. The number of esters is 2. The third kappa shape index (κ3) is 8.59. The van der Waals surface area contributed by atoms with E-state index in [1.165, 1.54) is 0 Å². The van der Waals surface area contributed by atoms with Gasteiger partial charge in [0.1, 0.15) is 12.1 Å². The van der Waals surface area contributed by atoms with Gasteiger partial charge in [-0.15, -0.1) is 0 Å². The van der Waals surface area contributed by atoms with Crippen LogP contribution < -0.4 is 5.32 Å². The molecular weight excluding hydrogens is 246 g/mol. The van der Waals surface area contributed by atoms with Crippen LogP contribution >= 0.6 is 0 Å². The minimum atomic E-state index is -0.509. The molecule has 2 unspecified atom stereocenters. The van der Waals surface area contributed by atoms with Crippen LogP contribution in [-0.2, 0) is 19.1 Å². The summed E-state index contributed by atoms with van der Waals surface area (Å²) in [6, 6.07) is -1.02. The molecule has 0 amide bonds. The SMILES string of the molecule is CCCCOC(=O)C(C)NC(C)C(=O)OCCCC. The fourth-order valence-corrected chi connectivity index (χ4v) is 1.40. The number of ether oxygens (including phenoxy) is 2. The first-order chi connectivity index (χ1) is 9.02. The van der Waals surface area contributed by atoms with E-state index in [4.69, 9.17) is 9.47 Å². The molecule has 0 saturated carbocycles. The summed E-state index contributed by atoms with van der Waals surface area (Å²) < 4.78 is 10.1. The summed E-state index contributed by atoms with van der Waals surface area (Å²) >= 11 is 0. The van der Waals surface area contributed by atoms with E-state index in [9.17, 15) is 9.59 Å². The lowest BCUT2D eigenvalue weighted by Crippen LogP contribution is -2.45. The Bertz CT molecular complexity index is 242. The summed E-state index contributed by atoms with van der Waals surface area (Å²) in [5, 5.41) is 2.88. The first kappa shape index (κ1) is 17.9. The topological polar surface area (TPSA) is 64.6 Å². The van der Waals surface area contributed by atoms with Crippen LogP contribution in [0.4, 0.5) is 0 Å². The third-order valence-electron chi connectivity index (χ3n) is 2.69. The standard InChI is InChI=1S/C14H27NO4/c1-5-7-9-18-13(16)11(3)15-12(4)14(17)19-10-8-6-2/h11-12,15H,5-10H2,1-4H3. The van der Waals surface area contributed by atoms with E-state index in [2.05, 4.69) is 5.32 Å². The predicted octanol–water partition coefficient (Wildman–Crippen LogP) is 2.04. The molecule has 112 valence electrons. The van der Waals surface area contributed by atoms with Gasteiger partial charge in [0.25, 0.3) is 0 Å². The van der Waals surface area contributed by atoms with Crippen LogP contribution in [0.5, 0.6) is 0 Å². The van der Waals surface area contributed by atoms with Crippen molar-refractivity contribution < 1.29 is 19.1 Å². The van der Waals surface area contributed by atoms with E-state index in [1.54, 1.807) is 13.8 Å². The summed E-state index contributed by atoms with van der Waals surface area (Å²) in [5.74, 6) is -0.664. The summed E-state index contributed by atoms with van der Waals surface area (Å²) in [7, 11) is 0. The average Bonchev–Trinajstić information content (AvgIpc) is 2.38. The number of nitrogens with one attached hydrogen (secondary N) is 1. The van der Waals surface area contributed by atoms with Crippen molar-refractivity contribution in [1.29, 1.82) is 0 Å². The number of carbonyl (C=O) groups is 2. The molecule has 2 atom stereocenters. The summed E-state index contributed by atoms with van der Waals surface area (Å²) in [4.78, 5) is 23.2. The van der Waals surface area contributed by atoms with E-state index in [-0.39, 0.29) is 11.9 Å². The highest BCUT2D eigenvalue weighted by Crippen LogP contribution is 1.97. The summed E-state index contributed by atoms with van der Waals surface area (Å²) in [5.41, 5.74) is 0. The first-order valence-corrected chi connectivity index (χ1v) is 7.12. The zero-order valence-electron chi connectivity index (χ0n) is 12.5. The maximum atomic E-state index is 11.6. The second-order valence-electron chi connectivity index (χ2n) is 4.65. The summed E-state index contributed by atoms with van der Waals surface area (Å²) in [6.07, 6.45) is 3.67. The Hall–Kier alpha value is -1.10. The van der Waals surface area contributed by atoms with Crippen LogP contribution in [-0.4, -0.2) is 37.2 Å². The van der Waals surface area contributed by atoms with Crippen LogP contribution in [0.15, 0.2) is 0 Å². The fraction of sp³-hybridized carbons (Fsp3) is 0.857. The molecule has 1 N–H and O–H groups in total. The Labute approximate surface area is 116 Å². The van der Waals surface area contributed by atoms with Gasteiger partial charge in [-0.25, -0.2) is 0 Å². The molecule has 0 aromatic heterocycles. The van der Waals surface area contributed by atoms with Crippen molar-refractivity contribution in [2.24, 2.45) is 0 Å². The van der Waals surface area contributed by atoms with E-state index >= 15 is 0 Å². The fourth-order valence-electron chi connectivity index (χ4n) is 1.40. The van der Waals surface area contributed by atoms with Crippen LogP contribution in [0.3, 0.4) is 0 Å². The molecule has 0 aliphatic heterocycles. The largest absolute Gasteiger partial charge is 0.465 e. The Morgan fingerprint density at radius 1 is 0.895 bits per heavy atom. The molecule has 0 aliphatic carbocycles. The van der Waals surface area contributed by atoms with E-state index in [0.29, 0.717) is 13.2 Å². The Balaban J connectivity index is 3.92.